The highest BCUT2D eigenvalue weighted by Crippen LogP contribution is 2.04. The molecule has 0 rings (SSSR count). The van der Waals surface area contributed by atoms with Gasteiger partial charge in [0.2, 0.25) is 5.91 Å². The number of halogens is 1. The quantitative estimate of drug-likeness (QED) is 0.664. The van der Waals surface area contributed by atoms with Crippen molar-refractivity contribution in [1.82, 2.24) is 5.32 Å². The number of amides is 1. The van der Waals surface area contributed by atoms with E-state index < -0.39 is 0 Å². The fourth-order valence-corrected chi connectivity index (χ4v) is 1.10. The molecule has 0 aromatic carbocycles. The number of carbonyl (C=O) groups excluding carboxylic acids is 1. The average molecular weight is 192 g/mol. The van der Waals surface area contributed by atoms with Crippen LogP contribution in [0.3, 0.4) is 0 Å². The number of hydrogen-bond donors (Lipinski definition) is 1. The summed E-state index contributed by atoms with van der Waals surface area (Å²) in [5.41, 5.74) is 0. The molecule has 0 aromatic rings. The summed E-state index contributed by atoms with van der Waals surface area (Å²) in [6.07, 6.45) is 1.51. The van der Waals surface area contributed by atoms with Crippen molar-refractivity contribution >= 4 is 17.5 Å². The Kier molecular flexibility index (Phi) is 6.17. The molecule has 2 unspecified atom stereocenters. The predicted octanol–water partition coefficient (Wildman–Crippen LogP) is 2.17. The van der Waals surface area contributed by atoms with Crippen molar-refractivity contribution in [1.29, 1.82) is 0 Å². The van der Waals surface area contributed by atoms with Crippen LogP contribution in [0.15, 0.2) is 0 Å². The molecule has 1 amide bonds. The lowest BCUT2D eigenvalue weighted by Gasteiger charge is -2.18. The number of hydrogen-bond acceptors (Lipinski definition) is 1. The second-order valence-electron chi connectivity index (χ2n) is 3.24. The maximum absolute atomic E-state index is 11.1. The summed E-state index contributed by atoms with van der Waals surface area (Å²) in [7, 11) is 0. The summed E-state index contributed by atoms with van der Waals surface area (Å²) < 4.78 is 0. The third kappa shape index (κ3) is 4.60. The van der Waals surface area contributed by atoms with E-state index in [0.29, 0.717) is 18.2 Å². The van der Waals surface area contributed by atoms with E-state index in [-0.39, 0.29) is 11.9 Å². The van der Waals surface area contributed by atoms with Gasteiger partial charge in [-0.3, -0.25) is 4.79 Å². The van der Waals surface area contributed by atoms with E-state index in [1.54, 1.807) is 0 Å². The molecule has 0 fully saturated rings. The largest absolute Gasteiger partial charge is 0.353 e. The fourth-order valence-electron chi connectivity index (χ4n) is 0.829. The van der Waals surface area contributed by atoms with Crippen LogP contribution >= 0.6 is 11.6 Å². The van der Waals surface area contributed by atoms with Crippen LogP contribution in [0.2, 0.25) is 0 Å². The molecule has 0 saturated heterocycles. The van der Waals surface area contributed by atoms with Crippen LogP contribution < -0.4 is 5.32 Å². The van der Waals surface area contributed by atoms with Crippen LogP contribution in [0.1, 0.15) is 33.6 Å². The van der Waals surface area contributed by atoms with Gasteiger partial charge in [-0.15, -0.1) is 11.6 Å². The van der Waals surface area contributed by atoms with E-state index in [4.69, 9.17) is 11.6 Å². The molecule has 72 valence electrons. The van der Waals surface area contributed by atoms with Crippen LogP contribution in [0.25, 0.3) is 0 Å². The fraction of sp³-hybridized carbons (Fsp3) is 0.889. The van der Waals surface area contributed by atoms with E-state index >= 15 is 0 Å². The highest BCUT2D eigenvalue weighted by atomic mass is 35.5. The third-order valence-electron chi connectivity index (χ3n) is 1.96. The van der Waals surface area contributed by atoms with Gasteiger partial charge in [0.05, 0.1) is 0 Å². The molecule has 0 bridgehead atoms. The molecule has 0 heterocycles. The molecule has 0 aromatic heterocycles. The number of nitrogens with one attached hydrogen (secondary N) is 1. The maximum atomic E-state index is 11.1. The van der Waals surface area contributed by atoms with E-state index in [1.807, 2.05) is 20.8 Å². The number of alkyl halides is 1. The van der Waals surface area contributed by atoms with E-state index in [2.05, 4.69) is 5.32 Å². The smallest absolute Gasteiger partial charge is 0.220 e. The van der Waals surface area contributed by atoms with Crippen molar-refractivity contribution in [3.05, 3.63) is 0 Å². The first kappa shape index (κ1) is 11.8. The van der Waals surface area contributed by atoms with Crippen LogP contribution in [-0.2, 0) is 4.79 Å². The van der Waals surface area contributed by atoms with Crippen LogP contribution in [0.4, 0.5) is 0 Å². The Labute approximate surface area is 79.7 Å². The summed E-state index contributed by atoms with van der Waals surface area (Å²) in [6, 6.07) is 0.182. The number of carbonyl (C=O) groups is 1. The first-order valence-electron chi connectivity index (χ1n) is 4.47. The van der Waals surface area contributed by atoms with Crippen LogP contribution in [-0.4, -0.2) is 17.8 Å². The Hall–Kier alpha value is -0.240. The van der Waals surface area contributed by atoms with Crippen molar-refractivity contribution < 1.29 is 4.79 Å². The molecule has 0 aliphatic rings. The Balaban J connectivity index is 3.67. The minimum absolute atomic E-state index is 0.127. The monoisotopic (exact) mass is 191 g/mol. The highest BCUT2D eigenvalue weighted by Gasteiger charge is 2.12. The van der Waals surface area contributed by atoms with Gasteiger partial charge < -0.3 is 5.32 Å². The Morgan fingerprint density at radius 2 is 2.08 bits per heavy atom. The molecule has 1 N–H and O–H groups in total. The minimum Gasteiger partial charge on any atom is -0.353 e. The number of rotatable bonds is 5. The van der Waals surface area contributed by atoms with Crippen molar-refractivity contribution in [2.45, 2.75) is 39.7 Å². The van der Waals surface area contributed by atoms with Gasteiger partial charge in [-0.1, -0.05) is 13.8 Å². The average Bonchev–Trinajstić information content (AvgIpc) is 2.03. The van der Waals surface area contributed by atoms with Crippen LogP contribution in [0, 0.1) is 5.92 Å². The van der Waals surface area contributed by atoms with Crippen molar-refractivity contribution in [2.24, 2.45) is 5.92 Å². The van der Waals surface area contributed by atoms with Crippen molar-refractivity contribution in [3.63, 3.8) is 0 Å². The molecular formula is C9H18ClNO. The third-order valence-corrected chi connectivity index (χ3v) is 2.45. The van der Waals surface area contributed by atoms with Gasteiger partial charge in [0.1, 0.15) is 0 Å². The lowest BCUT2D eigenvalue weighted by molar-refractivity contribution is -0.121. The minimum atomic E-state index is 0.127. The lowest BCUT2D eigenvalue weighted by Crippen LogP contribution is -2.37. The molecule has 2 atom stereocenters. The normalized spacial score (nSPS) is 15.3. The van der Waals surface area contributed by atoms with E-state index in [0.717, 1.165) is 6.42 Å². The molecule has 0 saturated carbocycles. The highest BCUT2D eigenvalue weighted by molar-refractivity contribution is 6.18. The predicted molar refractivity (Wildman–Crippen MR) is 52.4 cm³/mol. The molecule has 0 aliphatic carbocycles. The first-order valence-corrected chi connectivity index (χ1v) is 5.00. The Morgan fingerprint density at radius 3 is 2.50 bits per heavy atom. The van der Waals surface area contributed by atoms with Crippen molar-refractivity contribution in [2.75, 3.05) is 5.88 Å². The summed E-state index contributed by atoms with van der Waals surface area (Å²) in [5, 5.41) is 2.91. The second-order valence-corrected chi connectivity index (χ2v) is 3.55. The summed E-state index contributed by atoms with van der Waals surface area (Å²) in [4.78, 5) is 11.1. The van der Waals surface area contributed by atoms with E-state index in [1.165, 1.54) is 0 Å². The van der Waals surface area contributed by atoms with Gasteiger partial charge in [-0.2, -0.15) is 0 Å². The Bertz CT molecular complexity index is 138. The molecule has 0 spiro atoms. The molecule has 2 nitrogen and oxygen atoms in total. The molecule has 3 heteroatoms. The molecule has 12 heavy (non-hydrogen) atoms. The maximum Gasteiger partial charge on any atom is 0.220 e. The van der Waals surface area contributed by atoms with E-state index in [9.17, 15) is 4.79 Å². The zero-order valence-electron chi connectivity index (χ0n) is 8.06. The van der Waals surface area contributed by atoms with Gasteiger partial charge in [0.25, 0.3) is 0 Å². The zero-order chi connectivity index (χ0) is 9.56. The van der Waals surface area contributed by atoms with Gasteiger partial charge in [-0.25, -0.2) is 0 Å². The van der Waals surface area contributed by atoms with Gasteiger partial charge in [-0.05, 0) is 19.3 Å². The standard InChI is InChI=1S/C9H18ClNO/c1-4-5-9(12)11-8(3)7(2)6-10/h7-8H,4-6H2,1-3H3,(H,11,12). The summed E-state index contributed by atoms with van der Waals surface area (Å²) in [5.74, 6) is 1.06. The summed E-state index contributed by atoms with van der Waals surface area (Å²) >= 11 is 5.66. The molecule has 0 aliphatic heterocycles. The van der Waals surface area contributed by atoms with Gasteiger partial charge >= 0.3 is 0 Å². The topological polar surface area (TPSA) is 29.1 Å². The molecular weight excluding hydrogens is 174 g/mol. The van der Waals surface area contributed by atoms with Gasteiger partial charge in [0.15, 0.2) is 0 Å². The zero-order valence-corrected chi connectivity index (χ0v) is 8.82. The molecule has 0 radical (unpaired) electrons. The van der Waals surface area contributed by atoms with Crippen molar-refractivity contribution in [3.8, 4) is 0 Å². The van der Waals surface area contributed by atoms with Crippen LogP contribution in [0.5, 0.6) is 0 Å². The SMILES string of the molecule is CCCC(=O)NC(C)C(C)CCl. The second kappa shape index (κ2) is 6.30. The van der Waals surface area contributed by atoms with Gasteiger partial charge in [0, 0.05) is 18.3 Å². The Morgan fingerprint density at radius 1 is 1.50 bits per heavy atom. The summed E-state index contributed by atoms with van der Waals surface area (Å²) in [6.45, 7) is 6.01. The first-order chi connectivity index (χ1) is 5.61. The lowest BCUT2D eigenvalue weighted by atomic mass is 10.1.